The molecule has 0 unspecified atom stereocenters. The van der Waals surface area contributed by atoms with Gasteiger partial charge >= 0.3 is 5.97 Å². The van der Waals surface area contributed by atoms with Gasteiger partial charge in [0.2, 0.25) is 0 Å². The highest BCUT2D eigenvalue weighted by Crippen LogP contribution is 2.27. The second-order valence-corrected chi connectivity index (χ2v) is 7.35. The standard InChI is InChI=1S/C24H27N3O3.ClH/c1-3-6-20(26-23-16(2)15-19-7-4-5-8-21(19)27-23)17-9-11-18(12-10-17)24(30)25-14-13-22(28)29;/h4-5,7-12,15,20H,3,6,13-14H2,1-2H3,(H,25,30)(H,26,27)(H,28,29);1H/t20-;/m1./s1. The summed E-state index contributed by atoms with van der Waals surface area (Å²) in [6, 6.07) is 17.7. The van der Waals surface area contributed by atoms with Crippen LogP contribution in [0.25, 0.3) is 10.9 Å². The van der Waals surface area contributed by atoms with E-state index in [9.17, 15) is 9.59 Å². The van der Waals surface area contributed by atoms with E-state index >= 15 is 0 Å². The lowest BCUT2D eigenvalue weighted by molar-refractivity contribution is -0.136. The molecular weight excluding hydrogens is 414 g/mol. The van der Waals surface area contributed by atoms with E-state index < -0.39 is 5.97 Å². The maximum Gasteiger partial charge on any atom is 0.305 e. The second kappa shape index (κ2) is 11.3. The molecule has 0 saturated heterocycles. The van der Waals surface area contributed by atoms with Crippen LogP contribution >= 0.6 is 12.4 Å². The van der Waals surface area contributed by atoms with Crippen molar-refractivity contribution < 1.29 is 14.7 Å². The number of rotatable bonds is 9. The van der Waals surface area contributed by atoms with Gasteiger partial charge in [-0.25, -0.2) is 4.98 Å². The van der Waals surface area contributed by atoms with E-state index in [0.29, 0.717) is 5.56 Å². The summed E-state index contributed by atoms with van der Waals surface area (Å²) in [5, 5.41) is 16.0. The summed E-state index contributed by atoms with van der Waals surface area (Å²) in [6.45, 7) is 4.30. The van der Waals surface area contributed by atoms with Crippen LogP contribution in [0, 0.1) is 6.92 Å². The fourth-order valence-corrected chi connectivity index (χ4v) is 3.40. The molecule has 3 aromatic rings. The zero-order valence-electron chi connectivity index (χ0n) is 17.7. The first-order chi connectivity index (χ1) is 14.5. The Morgan fingerprint density at radius 1 is 1.10 bits per heavy atom. The third-order valence-electron chi connectivity index (χ3n) is 5.00. The topological polar surface area (TPSA) is 91.3 Å². The zero-order valence-corrected chi connectivity index (χ0v) is 18.5. The molecule has 6 nitrogen and oxygen atoms in total. The van der Waals surface area contributed by atoms with Gasteiger partial charge in [0, 0.05) is 17.5 Å². The summed E-state index contributed by atoms with van der Waals surface area (Å²) in [7, 11) is 0. The van der Waals surface area contributed by atoms with Crippen molar-refractivity contribution in [2.45, 2.75) is 39.2 Å². The van der Waals surface area contributed by atoms with Gasteiger partial charge in [-0.05, 0) is 48.7 Å². The predicted octanol–water partition coefficient (Wildman–Crippen LogP) is 5.12. The van der Waals surface area contributed by atoms with Crippen LogP contribution in [0.15, 0.2) is 54.6 Å². The lowest BCUT2D eigenvalue weighted by Gasteiger charge is -2.21. The van der Waals surface area contributed by atoms with Crippen molar-refractivity contribution in [1.82, 2.24) is 10.3 Å². The van der Waals surface area contributed by atoms with Gasteiger partial charge in [-0.2, -0.15) is 0 Å². The SMILES string of the molecule is CCC[C@@H](Nc1nc2ccccc2cc1C)c1ccc(C(=O)NCCC(=O)O)cc1.Cl. The van der Waals surface area contributed by atoms with Crippen LogP contribution in [0.1, 0.15) is 53.7 Å². The van der Waals surface area contributed by atoms with E-state index in [1.165, 1.54) is 0 Å². The minimum absolute atomic E-state index is 0. The molecule has 0 aliphatic heterocycles. The van der Waals surface area contributed by atoms with Gasteiger partial charge in [-0.1, -0.05) is 43.7 Å². The molecular formula is C24H28ClN3O3. The minimum Gasteiger partial charge on any atom is -0.481 e. The molecule has 31 heavy (non-hydrogen) atoms. The normalized spacial score (nSPS) is 11.4. The monoisotopic (exact) mass is 441 g/mol. The third-order valence-corrected chi connectivity index (χ3v) is 5.00. The van der Waals surface area contributed by atoms with Crippen molar-refractivity contribution in [3.8, 4) is 0 Å². The molecule has 0 aliphatic carbocycles. The Labute approximate surface area is 188 Å². The molecule has 0 bridgehead atoms. The minimum atomic E-state index is -0.934. The summed E-state index contributed by atoms with van der Waals surface area (Å²) in [5.41, 5.74) is 3.63. The number of carboxylic acids is 1. The lowest BCUT2D eigenvalue weighted by Crippen LogP contribution is -2.26. The maximum atomic E-state index is 12.2. The number of fused-ring (bicyclic) bond motifs is 1. The number of nitrogens with zero attached hydrogens (tertiary/aromatic N) is 1. The number of hydrogen-bond donors (Lipinski definition) is 3. The maximum absolute atomic E-state index is 12.2. The van der Waals surface area contributed by atoms with Gasteiger partial charge in [0.05, 0.1) is 18.0 Å². The summed E-state index contributed by atoms with van der Waals surface area (Å²) in [5.74, 6) is -0.339. The number of hydrogen-bond acceptors (Lipinski definition) is 4. The fraction of sp³-hybridized carbons (Fsp3) is 0.292. The molecule has 1 heterocycles. The van der Waals surface area contributed by atoms with Crippen molar-refractivity contribution in [3.05, 3.63) is 71.3 Å². The van der Waals surface area contributed by atoms with Crippen LogP contribution in [0.4, 0.5) is 5.82 Å². The highest BCUT2D eigenvalue weighted by Gasteiger charge is 2.14. The van der Waals surface area contributed by atoms with Crippen molar-refractivity contribution >= 4 is 41.0 Å². The summed E-state index contributed by atoms with van der Waals surface area (Å²) >= 11 is 0. The van der Waals surface area contributed by atoms with Crippen molar-refractivity contribution in [1.29, 1.82) is 0 Å². The van der Waals surface area contributed by atoms with E-state index in [-0.39, 0.29) is 37.3 Å². The fourth-order valence-electron chi connectivity index (χ4n) is 3.40. The zero-order chi connectivity index (χ0) is 21.5. The number of carbonyl (C=O) groups excluding carboxylic acids is 1. The Morgan fingerprint density at radius 2 is 1.81 bits per heavy atom. The quantitative estimate of drug-likeness (QED) is 0.428. The van der Waals surface area contributed by atoms with Crippen LogP contribution in [0.5, 0.6) is 0 Å². The molecule has 0 saturated carbocycles. The third kappa shape index (κ3) is 6.43. The number of pyridine rings is 1. The van der Waals surface area contributed by atoms with Gasteiger partial charge in [0.1, 0.15) is 5.82 Å². The molecule has 2 aromatic carbocycles. The molecule has 164 valence electrons. The Bertz CT molecular complexity index is 1040. The predicted molar refractivity (Wildman–Crippen MR) is 126 cm³/mol. The lowest BCUT2D eigenvalue weighted by atomic mass is 10.00. The van der Waals surface area contributed by atoms with Crippen LogP contribution in [0.3, 0.4) is 0 Å². The number of nitrogens with one attached hydrogen (secondary N) is 2. The van der Waals surface area contributed by atoms with Gasteiger partial charge in [0.25, 0.3) is 5.91 Å². The number of halogens is 1. The van der Waals surface area contributed by atoms with Crippen molar-refractivity contribution in [2.24, 2.45) is 0 Å². The van der Waals surface area contributed by atoms with Gasteiger partial charge in [0.15, 0.2) is 0 Å². The molecule has 0 radical (unpaired) electrons. The molecule has 3 N–H and O–H groups in total. The van der Waals surface area contributed by atoms with E-state index in [2.05, 4.69) is 36.6 Å². The number of para-hydroxylation sites is 1. The van der Waals surface area contributed by atoms with E-state index in [1.807, 2.05) is 30.3 Å². The second-order valence-electron chi connectivity index (χ2n) is 7.35. The Balaban J connectivity index is 0.00000341. The number of aryl methyl sites for hydroxylation is 1. The number of benzene rings is 2. The molecule has 1 atom stereocenters. The number of carbonyl (C=O) groups is 2. The van der Waals surface area contributed by atoms with Crippen LogP contribution in [0.2, 0.25) is 0 Å². The van der Waals surface area contributed by atoms with Crippen LogP contribution in [-0.2, 0) is 4.79 Å². The van der Waals surface area contributed by atoms with Crippen LogP contribution < -0.4 is 10.6 Å². The van der Waals surface area contributed by atoms with Crippen molar-refractivity contribution in [2.75, 3.05) is 11.9 Å². The molecule has 0 aliphatic rings. The average Bonchev–Trinajstić information content (AvgIpc) is 2.73. The number of carboxylic acid groups (broad SMARTS) is 1. The number of aliphatic carboxylic acids is 1. The van der Waals surface area contributed by atoms with E-state index in [4.69, 9.17) is 10.1 Å². The number of anilines is 1. The summed E-state index contributed by atoms with van der Waals surface area (Å²) < 4.78 is 0. The molecule has 1 amide bonds. The van der Waals surface area contributed by atoms with Crippen LogP contribution in [-0.4, -0.2) is 28.5 Å². The Morgan fingerprint density at radius 3 is 2.48 bits per heavy atom. The molecule has 7 heteroatoms. The van der Waals surface area contributed by atoms with Gasteiger partial charge < -0.3 is 15.7 Å². The van der Waals surface area contributed by atoms with Gasteiger partial charge in [-0.3, -0.25) is 9.59 Å². The first-order valence-electron chi connectivity index (χ1n) is 10.2. The Kier molecular flexibility index (Phi) is 8.82. The largest absolute Gasteiger partial charge is 0.481 e. The molecule has 3 rings (SSSR count). The highest BCUT2D eigenvalue weighted by molar-refractivity contribution is 5.94. The molecule has 0 spiro atoms. The smallest absolute Gasteiger partial charge is 0.305 e. The summed E-state index contributed by atoms with van der Waals surface area (Å²) in [4.78, 5) is 27.5. The van der Waals surface area contributed by atoms with E-state index in [1.54, 1.807) is 12.1 Å². The first kappa shape index (κ1) is 24.2. The first-order valence-corrected chi connectivity index (χ1v) is 10.2. The average molecular weight is 442 g/mol. The number of aromatic nitrogens is 1. The van der Waals surface area contributed by atoms with Crippen molar-refractivity contribution in [3.63, 3.8) is 0 Å². The summed E-state index contributed by atoms with van der Waals surface area (Å²) in [6.07, 6.45) is 1.84. The molecule has 0 fully saturated rings. The highest BCUT2D eigenvalue weighted by atomic mass is 35.5. The number of amides is 1. The molecule has 1 aromatic heterocycles. The van der Waals surface area contributed by atoms with E-state index in [0.717, 1.165) is 40.7 Å². The Hall–Kier alpha value is -3.12. The van der Waals surface area contributed by atoms with Gasteiger partial charge in [-0.15, -0.1) is 12.4 Å².